The number of alkyl halides is 3. The predicted octanol–water partition coefficient (Wildman–Crippen LogP) is 4.42. The summed E-state index contributed by atoms with van der Waals surface area (Å²) in [6.07, 6.45) is 2.86. The van der Waals surface area contributed by atoms with Gasteiger partial charge in [-0.2, -0.15) is 13.2 Å². The average molecular weight is 365 g/mol. The number of benzene rings is 1. The molecule has 0 aromatic heterocycles. The second kappa shape index (κ2) is 9.57. The Balaban J connectivity index is 2.26. The highest BCUT2D eigenvalue weighted by molar-refractivity contribution is 5.99. The monoisotopic (exact) mass is 365 g/mol. The molecule has 3 nitrogen and oxygen atoms in total. The van der Waals surface area contributed by atoms with E-state index in [1.807, 2.05) is 13.0 Å². The van der Waals surface area contributed by atoms with Crippen LogP contribution in [0.1, 0.15) is 31.4 Å². The number of aliphatic imine (C=N–C) groups is 1. The zero-order valence-electron chi connectivity index (χ0n) is 15.3. The second-order valence-electron chi connectivity index (χ2n) is 6.18. The van der Waals surface area contributed by atoms with Gasteiger partial charge >= 0.3 is 6.18 Å². The number of rotatable bonds is 5. The Kier molecular flexibility index (Phi) is 7.45. The van der Waals surface area contributed by atoms with Crippen LogP contribution in [-0.2, 0) is 12.6 Å². The van der Waals surface area contributed by atoms with Crippen LogP contribution < -0.4 is 5.32 Å². The molecular weight excluding hydrogens is 339 g/mol. The maximum Gasteiger partial charge on any atom is 0.416 e. The highest BCUT2D eigenvalue weighted by Crippen LogP contribution is 2.29. The number of halogens is 3. The Labute approximate surface area is 153 Å². The lowest BCUT2D eigenvalue weighted by Gasteiger charge is -2.31. The summed E-state index contributed by atoms with van der Waals surface area (Å²) in [5.41, 5.74) is 1.28. The summed E-state index contributed by atoms with van der Waals surface area (Å²) in [7, 11) is 0. The molecule has 1 saturated heterocycles. The Morgan fingerprint density at radius 2 is 1.85 bits per heavy atom. The third kappa shape index (κ3) is 5.73. The number of nitrogens with zero attached hydrogens (tertiary/aromatic N) is 2. The van der Waals surface area contributed by atoms with Crippen LogP contribution in [0.4, 0.5) is 13.2 Å². The fourth-order valence-corrected chi connectivity index (χ4v) is 2.91. The molecule has 0 radical (unpaired) electrons. The summed E-state index contributed by atoms with van der Waals surface area (Å²) in [6.45, 7) is 7.49. The van der Waals surface area contributed by atoms with Crippen molar-refractivity contribution in [1.82, 2.24) is 10.2 Å². The molecule has 1 N–H and O–H groups in total. The zero-order chi connectivity index (χ0) is 19.0. The van der Waals surface area contributed by atoms with E-state index in [2.05, 4.69) is 28.2 Å². The minimum absolute atomic E-state index is 0.562. The van der Waals surface area contributed by atoms with E-state index in [0.29, 0.717) is 6.42 Å². The van der Waals surface area contributed by atoms with Crippen LogP contribution in [-0.4, -0.2) is 36.9 Å². The van der Waals surface area contributed by atoms with Crippen LogP contribution in [0.3, 0.4) is 0 Å². The Hall–Kier alpha value is -2.08. The maximum atomic E-state index is 12.8. The lowest BCUT2D eigenvalue weighted by atomic mass is 10.0. The van der Waals surface area contributed by atoms with Gasteiger partial charge in [-0.05, 0) is 36.6 Å². The van der Waals surface area contributed by atoms with Crippen LogP contribution in [0, 0.1) is 0 Å². The minimum Gasteiger partial charge on any atom is -0.354 e. The van der Waals surface area contributed by atoms with Gasteiger partial charge in [-0.3, -0.25) is 0 Å². The summed E-state index contributed by atoms with van der Waals surface area (Å²) < 4.78 is 38.3. The summed E-state index contributed by atoms with van der Waals surface area (Å²) in [5.74, 6) is 0.909. The summed E-state index contributed by atoms with van der Waals surface area (Å²) >= 11 is 0. The van der Waals surface area contributed by atoms with Crippen molar-refractivity contribution < 1.29 is 13.2 Å². The van der Waals surface area contributed by atoms with Crippen molar-refractivity contribution in [3.63, 3.8) is 0 Å². The molecular formula is C20H26F3N3. The van der Waals surface area contributed by atoms with E-state index in [4.69, 9.17) is 0 Å². The first kappa shape index (κ1) is 20.2. The number of nitrogens with one attached hydrogen (secondary N) is 1. The Bertz CT molecular complexity index is 652. The number of hydrogen-bond acceptors (Lipinski definition) is 2. The third-order valence-electron chi connectivity index (χ3n) is 4.18. The molecule has 1 fully saturated rings. The minimum atomic E-state index is -4.31. The number of hydrogen-bond donors (Lipinski definition) is 1. The van der Waals surface area contributed by atoms with Crippen molar-refractivity contribution in [2.75, 3.05) is 26.2 Å². The van der Waals surface area contributed by atoms with Crippen LogP contribution >= 0.6 is 0 Å². The van der Waals surface area contributed by atoms with Gasteiger partial charge in [0.05, 0.1) is 5.56 Å². The van der Waals surface area contributed by atoms with Crippen LogP contribution in [0.15, 0.2) is 53.2 Å². The smallest absolute Gasteiger partial charge is 0.354 e. The van der Waals surface area contributed by atoms with Crippen LogP contribution in [0.5, 0.6) is 0 Å². The van der Waals surface area contributed by atoms with Crippen LogP contribution in [0.2, 0.25) is 0 Å². The molecule has 0 saturated carbocycles. The van der Waals surface area contributed by atoms with Gasteiger partial charge in [-0.15, -0.1) is 0 Å². The lowest BCUT2D eigenvalue weighted by Crippen LogP contribution is -2.47. The summed E-state index contributed by atoms with van der Waals surface area (Å²) in [6, 6.07) is 5.40. The standard InChI is InChI=1S/C20H26F3N3/c1-3-5-17(15-16-6-8-18(9-7-16)20(21,22)23)19(25-10-4-2)26-13-11-24-12-14-26/h4-10,24H,3,11-15H2,1-2H3/b10-4-,17-5+,25-19+. The molecule has 0 bridgehead atoms. The van der Waals surface area contributed by atoms with Gasteiger partial charge < -0.3 is 10.2 Å². The fourth-order valence-electron chi connectivity index (χ4n) is 2.91. The molecule has 6 heteroatoms. The molecule has 0 aliphatic carbocycles. The SMILES string of the molecule is C\C=C/N=C(\C(=C\CC)Cc1ccc(C(F)(F)F)cc1)N1CCNCC1. The second-order valence-corrected chi connectivity index (χ2v) is 6.18. The predicted molar refractivity (Wildman–Crippen MR) is 100 cm³/mol. The summed E-state index contributed by atoms with van der Waals surface area (Å²) in [5, 5.41) is 3.33. The van der Waals surface area contributed by atoms with Crippen molar-refractivity contribution in [2.24, 2.45) is 4.99 Å². The topological polar surface area (TPSA) is 27.6 Å². The number of allylic oxidation sites excluding steroid dienone is 2. The van der Waals surface area contributed by atoms with Gasteiger partial charge in [0.2, 0.25) is 0 Å². The molecule has 2 rings (SSSR count). The van der Waals surface area contributed by atoms with Gasteiger partial charge in [0.25, 0.3) is 0 Å². The molecule has 1 aliphatic heterocycles. The Morgan fingerprint density at radius 3 is 2.38 bits per heavy atom. The fraction of sp³-hybridized carbons (Fsp3) is 0.450. The molecule has 0 amide bonds. The van der Waals surface area contributed by atoms with E-state index in [1.165, 1.54) is 0 Å². The van der Waals surface area contributed by atoms with Crippen molar-refractivity contribution in [2.45, 2.75) is 32.9 Å². The first-order valence-corrected chi connectivity index (χ1v) is 8.96. The van der Waals surface area contributed by atoms with Gasteiger partial charge in [0.1, 0.15) is 5.84 Å². The van der Waals surface area contributed by atoms with Gasteiger partial charge in [-0.1, -0.05) is 31.2 Å². The molecule has 0 unspecified atom stereocenters. The normalized spacial score (nSPS) is 17.2. The third-order valence-corrected chi connectivity index (χ3v) is 4.18. The number of amidine groups is 1. The molecule has 1 aromatic rings. The zero-order valence-corrected chi connectivity index (χ0v) is 15.3. The van der Waals surface area contributed by atoms with Gasteiger partial charge in [0.15, 0.2) is 0 Å². The van der Waals surface area contributed by atoms with E-state index in [1.54, 1.807) is 18.3 Å². The van der Waals surface area contributed by atoms with E-state index < -0.39 is 11.7 Å². The molecule has 1 heterocycles. The van der Waals surface area contributed by atoms with Crippen molar-refractivity contribution in [3.8, 4) is 0 Å². The van der Waals surface area contributed by atoms with Crippen molar-refractivity contribution in [3.05, 3.63) is 59.3 Å². The molecule has 26 heavy (non-hydrogen) atoms. The van der Waals surface area contributed by atoms with E-state index >= 15 is 0 Å². The molecule has 142 valence electrons. The van der Waals surface area contributed by atoms with E-state index in [0.717, 1.165) is 61.7 Å². The molecule has 1 aromatic carbocycles. The number of piperazine rings is 1. The highest BCUT2D eigenvalue weighted by atomic mass is 19.4. The van der Waals surface area contributed by atoms with Gasteiger partial charge in [-0.25, -0.2) is 4.99 Å². The first-order chi connectivity index (χ1) is 12.5. The quantitative estimate of drug-likeness (QED) is 0.618. The first-order valence-electron chi connectivity index (χ1n) is 8.96. The van der Waals surface area contributed by atoms with E-state index in [-0.39, 0.29) is 0 Å². The lowest BCUT2D eigenvalue weighted by molar-refractivity contribution is -0.137. The summed E-state index contributed by atoms with van der Waals surface area (Å²) in [4.78, 5) is 6.86. The van der Waals surface area contributed by atoms with Gasteiger partial charge in [0, 0.05) is 38.8 Å². The maximum absolute atomic E-state index is 12.8. The van der Waals surface area contributed by atoms with Crippen molar-refractivity contribution >= 4 is 5.84 Å². The largest absolute Gasteiger partial charge is 0.416 e. The average Bonchev–Trinajstić information content (AvgIpc) is 2.63. The molecule has 1 aliphatic rings. The molecule has 0 spiro atoms. The van der Waals surface area contributed by atoms with E-state index in [9.17, 15) is 13.2 Å². The van der Waals surface area contributed by atoms with Crippen LogP contribution in [0.25, 0.3) is 0 Å². The highest BCUT2D eigenvalue weighted by Gasteiger charge is 2.30. The molecule has 0 atom stereocenters. The van der Waals surface area contributed by atoms with Crippen molar-refractivity contribution in [1.29, 1.82) is 0 Å². The Morgan fingerprint density at radius 1 is 1.19 bits per heavy atom.